The van der Waals surface area contributed by atoms with Crippen molar-refractivity contribution in [2.75, 3.05) is 31.2 Å². The van der Waals surface area contributed by atoms with Crippen molar-refractivity contribution >= 4 is 17.3 Å². The van der Waals surface area contributed by atoms with Crippen molar-refractivity contribution < 1.29 is 4.79 Å². The number of hydrogen-bond donors (Lipinski definition) is 2. The summed E-state index contributed by atoms with van der Waals surface area (Å²) in [6, 6.07) is 5.56. The lowest BCUT2D eigenvalue weighted by molar-refractivity contribution is -0.116. The van der Waals surface area contributed by atoms with Crippen LogP contribution in [0.15, 0.2) is 18.2 Å². The van der Waals surface area contributed by atoms with Crippen molar-refractivity contribution in [3.8, 4) is 0 Å². The number of carbonyl (C=O) groups excluding carboxylic acids is 1. The summed E-state index contributed by atoms with van der Waals surface area (Å²) in [6.07, 6.45) is 4.18. The zero-order valence-corrected chi connectivity index (χ0v) is 12.9. The summed E-state index contributed by atoms with van der Waals surface area (Å²) < 4.78 is 0. The van der Waals surface area contributed by atoms with E-state index in [0.29, 0.717) is 12.1 Å². The van der Waals surface area contributed by atoms with Crippen molar-refractivity contribution in [2.45, 2.75) is 39.5 Å². The molecule has 0 aliphatic heterocycles. The van der Waals surface area contributed by atoms with Crippen LogP contribution >= 0.6 is 0 Å². The molecule has 1 aromatic carbocycles. The van der Waals surface area contributed by atoms with Crippen molar-refractivity contribution in [3.63, 3.8) is 0 Å². The molecular formula is C16H27N3O. The Bertz CT molecular complexity index is 432. The Morgan fingerprint density at radius 2 is 2.05 bits per heavy atom. The van der Waals surface area contributed by atoms with Crippen LogP contribution in [0.25, 0.3) is 0 Å². The molecule has 112 valence electrons. The summed E-state index contributed by atoms with van der Waals surface area (Å²) in [5, 5.41) is 2.93. The molecule has 20 heavy (non-hydrogen) atoms. The molecular weight excluding hydrogens is 250 g/mol. The van der Waals surface area contributed by atoms with E-state index in [0.717, 1.165) is 24.3 Å². The number of anilines is 2. The fourth-order valence-corrected chi connectivity index (χ4v) is 2.02. The fourth-order valence-electron chi connectivity index (χ4n) is 2.02. The summed E-state index contributed by atoms with van der Waals surface area (Å²) in [5.74, 6) is 0.0426. The molecule has 0 saturated carbocycles. The van der Waals surface area contributed by atoms with Crippen LogP contribution in [-0.4, -0.2) is 30.9 Å². The third kappa shape index (κ3) is 6.06. The van der Waals surface area contributed by atoms with Crippen LogP contribution in [0.4, 0.5) is 11.4 Å². The third-order valence-electron chi connectivity index (χ3n) is 3.40. The molecule has 0 heterocycles. The molecule has 1 aromatic rings. The SMILES string of the molecule is CCCCCN(C)CCC(=O)Nc1cc(N)ccc1C. The van der Waals surface area contributed by atoms with Gasteiger partial charge in [0.1, 0.15) is 0 Å². The van der Waals surface area contributed by atoms with Gasteiger partial charge in [-0.05, 0) is 44.6 Å². The van der Waals surface area contributed by atoms with Crippen molar-refractivity contribution in [1.29, 1.82) is 0 Å². The average molecular weight is 277 g/mol. The molecule has 0 fully saturated rings. The van der Waals surface area contributed by atoms with Crippen molar-refractivity contribution in [2.24, 2.45) is 0 Å². The topological polar surface area (TPSA) is 58.4 Å². The van der Waals surface area contributed by atoms with Gasteiger partial charge < -0.3 is 16.0 Å². The number of unbranched alkanes of at least 4 members (excludes halogenated alkanes) is 2. The predicted octanol–water partition coefficient (Wildman–Crippen LogP) is 3.03. The molecule has 3 N–H and O–H groups in total. The van der Waals surface area contributed by atoms with Gasteiger partial charge in [-0.15, -0.1) is 0 Å². The zero-order valence-electron chi connectivity index (χ0n) is 12.9. The van der Waals surface area contributed by atoms with Gasteiger partial charge in [0, 0.05) is 24.3 Å². The van der Waals surface area contributed by atoms with Crippen LogP contribution in [0.2, 0.25) is 0 Å². The number of amides is 1. The van der Waals surface area contributed by atoms with Gasteiger partial charge in [-0.25, -0.2) is 0 Å². The van der Waals surface area contributed by atoms with Gasteiger partial charge in [0.2, 0.25) is 5.91 Å². The van der Waals surface area contributed by atoms with Gasteiger partial charge in [0.25, 0.3) is 0 Å². The number of nitrogen functional groups attached to an aromatic ring is 1. The Labute approximate surface area is 122 Å². The molecule has 0 atom stereocenters. The highest BCUT2D eigenvalue weighted by atomic mass is 16.1. The number of aryl methyl sites for hydroxylation is 1. The van der Waals surface area contributed by atoms with Crippen molar-refractivity contribution in [3.05, 3.63) is 23.8 Å². The molecule has 0 unspecified atom stereocenters. The highest BCUT2D eigenvalue weighted by Crippen LogP contribution is 2.18. The third-order valence-corrected chi connectivity index (χ3v) is 3.40. The van der Waals surface area contributed by atoms with Gasteiger partial charge >= 0.3 is 0 Å². The highest BCUT2D eigenvalue weighted by Gasteiger charge is 2.07. The normalized spacial score (nSPS) is 10.8. The maximum atomic E-state index is 11.9. The second kappa shape index (κ2) is 8.59. The molecule has 0 saturated heterocycles. The van der Waals surface area contributed by atoms with Gasteiger partial charge in [-0.2, -0.15) is 0 Å². The molecule has 0 aromatic heterocycles. The van der Waals surface area contributed by atoms with E-state index in [2.05, 4.69) is 24.2 Å². The van der Waals surface area contributed by atoms with Gasteiger partial charge in [-0.1, -0.05) is 25.8 Å². The van der Waals surface area contributed by atoms with E-state index in [1.54, 1.807) is 6.07 Å². The lowest BCUT2D eigenvalue weighted by Crippen LogP contribution is -2.25. The minimum Gasteiger partial charge on any atom is -0.399 e. The quantitative estimate of drug-likeness (QED) is 0.567. The van der Waals surface area contributed by atoms with Crippen LogP contribution < -0.4 is 11.1 Å². The average Bonchev–Trinajstić information content (AvgIpc) is 2.41. The first-order valence-corrected chi connectivity index (χ1v) is 7.37. The Kier molecular flexibility index (Phi) is 7.09. The van der Waals surface area contributed by atoms with E-state index in [4.69, 9.17) is 5.73 Å². The van der Waals surface area contributed by atoms with Crippen LogP contribution in [-0.2, 0) is 4.79 Å². The number of benzene rings is 1. The lowest BCUT2D eigenvalue weighted by atomic mass is 10.2. The molecule has 4 nitrogen and oxygen atoms in total. The number of rotatable bonds is 8. The fraction of sp³-hybridized carbons (Fsp3) is 0.562. The van der Waals surface area contributed by atoms with E-state index in [1.807, 2.05) is 19.1 Å². The minimum absolute atomic E-state index is 0.0426. The van der Waals surface area contributed by atoms with Crippen molar-refractivity contribution in [1.82, 2.24) is 4.90 Å². The van der Waals surface area contributed by atoms with Gasteiger partial charge in [-0.3, -0.25) is 4.79 Å². The first-order valence-electron chi connectivity index (χ1n) is 7.37. The summed E-state index contributed by atoms with van der Waals surface area (Å²) in [5.41, 5.74) is 8.24. The summed E-state index contributed by atoms with van der Waals surface area (Å²) in [6.45, 7) is 6.00. The molecule has 4 heteroatoms. The van der Waals surface area contributed by atoms with Gasteiger partial charge in [0.05, 0.1) is 0 Å². The number of nitrogens with one attached hydrogen (secondary N) is 1. The van der Waals surface area contributed by atoms with Crippen LogP contribution in [0.1, 0.15) is 38.2 Å². The van der Waals surface area contributed by atoms with Crippen LogP contribution in [0.5, 0.6) is 0 Å². The molecule has 0 radical (unpaired) electrons. The molecule has 0 aliphatic rings. The van der Waals surface area contributed by atoms with Gasteiger partial charge in [0.15, 0.2) is 0 Å². The van der Waals surface area contributed by atoms with E-state index in [-0.39, 0.29) is 5.91 Å². The second-order valence-electron chi connectivity index (χ2n) is 5.38. The summed E-state index contributed by atoms with van der Waals surface area (Å²) in [4.78, 5) is 14.1. The number of nitrogens with two attached hydrogens (primary N) is 1. The van der Waals surface area contributed by atoms with E-state index >= 15 is 0 Å². The first kappa shape index (κ1) is 16.5. The first-order chi connectivity index (χ1) is 9.52. The number of carbonyl (C=O) groups is 1. The maximum Gasteiger partial charge on any atom is 0.225 e. The van der Waals surface area contributed by atoms with Crippen LogP contribution in [0, 0.1) is 6.92 Å². The minimum atomic E-state index is 0.0426. The maximum absolute atomic E-state index is 11.9. The smallest absolute Gasteiger partial charge is 0.225 e. The van der Waals surface area contributed by atoms with E-state index in [1.165, 1.54) is 19.3 Å². The van der Waals surface area contributed by atoms with Crippen LogP contribution in [0.3, 0.4) is 0 Å². The predicted molar refractivity (Wildman–Crippen MR) is 85.9 cm³/mol. The summed E-state index contributed by atoms with van der Waals surface area (Å²) >= 11 is 0. The monoisotopic (exact) mass is 277 g/mol. The zero-order chi connectivity index (χ0) is 15.0. The largest absolute Gasteiger partial charge is 0.399 e. The Balaban J connectivity index is 2.34. The lowest BCUT2D eigenvalue weighted by Gasteiger charge is -2.16. The Morgan fingerprint density at radius 1 is 1.30 bits per heavy atom. The van der Waals surface area contributed by atoms with E-state index < -0.39 is 0 Å². The standard InChI is InChI=1S/C16H27N3O/c1-4-5-6-10-19(3)11-9-16(20)18-15-12-14(17)8-7-13(15)2/h7-8,12H,4-6,9-11,17H2,1-3H3,(H,18,20). The highest BCUT2D eigenvalue weighted by molar-refractivity contribution is 5.92. The molecule has 1 rings (SSSR count). The molecule has 1 amide bonds. The second-order valence-corrected chi connectivity index (χ2v) is 5.38. The number of hydrogen-bond acceptors (Lipinski definition) is 3. The molecule has 0 aliphatic carbocycles. The molecule has 0 spiro atoms. The molecule has 0 bridgehead atoms. The Morgan fingerprint density at radius 3 is 2.75 bits per heavy atom. The summed E-state index contributed by atoms with van der Waals surface area (Å²) in [7, 11) is 2.06. The van der Waals surface area contributed by atoms with E-state index in [9.17, 15) is 4.79 Å². The Hall–Kier alpha value is -1.55. The number of nitrogens with zero attached hydrogens (tertiary/aromatic N) is 1.